The zero-order valence-corrected chi connectivity index (χ0v) is 14.6. The summed E-state index contributed by atoms with van der Waals surface area (Å²) in [5, 5.41) is 2.67. The third-order valence-corrected chi connectivity index (χ3v) is 3.86. The minimum atomic E-state index is -4.52. The molecular formula is C19H21F3N2O2. The van der Waals surface area contributed by atoms with Crippen LogP contribution in [0.15, 0.2) is 42.5 Å². The minimum Gasteiger partial charge on any atom is -0.374 e. The molecule has 0 fully saturated rings. The van der Waals surface area contributed by atoms with Gasteiger partial charge in [0.05, 0.1) is 17.4 Å². The van der Waals surface area contributed by atoms with Gasteiger partial charge in [-0.05, 0) is 38.0 Å². The number of aryl methyl sites for hydroxylation is 1. The van der Waals surface area contributed by atoms with Gasteiger partial charge in [0, 0.05) is 13.2 Å². The first-order valence-electron chi connectivity index (χ1n) is 8.28. The van der Waals surface area contributed by atoms with E-state index in [-0.39, 0.29) is 17.4 Å². The van der Waals surface area contributed by atoms with Gasteiger partial charge in [0.15, 0.2) is 0 Å². The number of carbonyl (C=O) groups excluding carboxylic acids is 1. The van der Waals surface area contributed by atoms with Gasteiger partial charge in [0.25, 0.3) is 5.91 Å². The van der Waals surface area contributed by atoms with Crippen molar-refractivity contribution >= 4 is 5.91 Å². The lowest BCUT2D eigenvalue weighted by Crippen LogP contribution is -2.26. The first kappa shape index (κ1) is 19.9. The number of nitrogens with one attached hydrogen (secondary N) is 1. The third kappa shape index (κ3) is 5.56. The van der Waals surface area contributed by atoms with Crippen LogP contribution in [-0.4, -0.2) is 24.0 Å². The van der Waals surface area contributed by atoms with Crippen molar-refractivity contribution in [2.75, 3.05) is 13.2 Å². The summed E-state index contributed by atoms with van der Waals surface area (Å²) in [4.78, 5) is 15.5. The highest BCUT2D eigenvalue weighted by atomic mass is 19.4. The topological polar surface area (TPSA) is 51.2 Å². The monoisotopic (exact) mass is 366 g/mol. The number of alkyl halides is 3. The van der Waals surface area contributed by atoms with E-state index < -0.39 is 17.8 Å². The van der Waals surface area contributed by atoms with Crippen molar-refractivity contribution in [3.63, 3.8) is 0 Å². The summed E-state index contributed by atoms with van der Waals surface area (Å²) in [7, 11) is 0. The van der Waals surface area contributed by atoms with E-state index in [0.29, 0.717) is 19.6 Å². The number of aromatic nitrogens is 1. The van der Waals surface area contributed by atoms with Crippen molar-refractivity contribution in [2.24, 2.45) is 0 Å². The van der Waals surface area contributed by atoms with Crippen molar-refractivity contribution in [1.29, 1.82) is 0 Å². The summed E-state index contributed by atoms with van der Waals surface area (Å²) < 4.78 is 43.5. The molecule has 7 heteroatoms. The smallest absolute Gasteiger partial charge is 0.374 e. The summed E-state index contributed by atoms with van der Waals surface area (Å²) in [6.45, 7) is 4.15. The van der Waals surface area contributed by atoms with Crippen molar-refractivity contribution in [2.45, 2.75) is 32.5 Å². The molecule has 2 aromatic rings. The molecule has 0 bridgehead atoms. The average Bonchev–Trinajstić information content (AvgIpc) is 2.61. The average molecular weight is 366 g/mol. The lowest BCUT2D eigenvalue weighted by atomic mass is 10.1. The predicted molar refractivity (Wildman–Crippen MR) is 91.7 cm³/mol. The highest BCUT2D eigenvalue weighted by molar-refractivity contribution is 5.95. The van der Waals surface area contributed by atoms with Crippen LogP contribution >= 0.6 is 0 Å². The molecular weight excluding hydrogens is 345 g/mol. The maximum atomic E-state index is 12.6. The van der Waals surface area contributed by atoms with E-state index in [1.165, 1.54) is 6.92 Å². The highest BCUT2D eigenvalue weighted by Gasteiger charge is 2.33. The molecule has 0 aliphatic heterocycles. The molecule has 0 aliphatic rings. The summed E-state index contributed by atoms with van der Waals surface area (Å²) in [5.41, 5.74) is 0.251. The molecule has 140 valence electrons. The van der Waals surface area contributed by atoms with Crippen LogP contribution in [0.3, 0.4) is 0 Å². The lowest BCUT2D eigenvalue weighted by Gasteiger charge is -2.14. The van der Waals surface area contributed by atoms with Gasteiger partial charge in [-0.2, -0.15) is 13.2 Å². The Morgan fingerprint density at radius 2 is 1.88 bits per heavy atom. The third-order valence-electron chi connectivity index (χ3n) is 3.86. The summed E-state index contributed by atoms with van der Waals surface area (Å²) in [6.07, 6.45) is -3.98. The summed E-state index contributed by atoms with van der Waals surface area (Å²) in [5.74, 6) is -0.445. The van der Waals surface area contributed by atoms with Gasteiger partial charge < -0.3 is 10.1 Å². The summed E-state index contributed by atoms with van der Waals surface area (Å²) >= 11 is 0. The second kappa shape index (κ2) is 8.80. The number of amides is 1. The molecule has 1 aromatic carbocycles. The second-order valence-corrected chi connectivity index (χ2v) is 5.86. The van der Waals surface area contributed by atoms with Gasteiger partial charge >= 0.3 is 6.18 Å². The predicted octanol–water partition coefficient (Wildman–Crippen LogP) is 4.31. The summed E-state index contributed by atoms with van der Waals surface area (Å²) in [6, 6.07) is 11.7. The van der Waals surface area contributed by atoms with Gasteiger partial charge in [-0.3, -0.25) is 4.79 Å². The van der Waals surface area contributed by atoms with E-state index in [1.54, 1.807) is 0 Å². The van der Waals surface area contributed by atoms with E-state index in [0.717, 1.165) is 17.7 Å². The standard InChI is InChI=1S/C19H21F3N2O2/c1-13-16(9-10-17(24-13)19(20,21)22)18(25)23-11-6-12-26-14(2)15-7-4-3-5-8-15/h3-5,7-10,14H,6,11-12H2,1-2H3,(H,23,25). The minimum absolute atomic E-state index is 0.0475. The molecule has 0 spiro atoms. The zero-order chi connectivity index (χ0) is 19.2. The maximum absolute atomic E-state index is 12.6. The zero-order valence-electron chi connectivity index (χ0n) is 14.6. The van der Waals surface area contributed by atoms with Crippen LogP contribution in [-0.2, 0) is 10.9 Å². The number of nitrogens with zero attached hydrogens (tertiary/aromatic N) is 1. The van der Waals surface area contributed by atoms with Crippen LogP contribution < -0.4 is 5.32 Å². The molecule has 1 unspecified atom stereocenters. The Bertz CT molecular complexity index is 733. The fourth-order valence-corrected chi connectivity index (χ4v) is 2.41. The van der Waals surface area contributed by atoms with Crippen LogP contribution in [0, 0.1) is 6.92 Å². The fourth-order valence-electron chi connectivity index (χ4n) is 2.41. The lowest BCUT2D eigenvalue weighted by molar-refractivity contribution is -0.141. The second-order valence-electron chi connectivity index (χ2n) is 5.86. The molecule has 2 rings (SSSR count). The van der Waals surface area contributed by atoms with Crippen LogP contribution in [0.4, 0.5) is 13.2 Å². The van der Waals surface area contributed by atoms with Gasteiger partial charge in [-0.1, -0.05) is 30.3 Å². The first-order valence-corrected chi connectivity index (χ1v) is 8.28. The quantitative estimate of drug-likeness (QED) is 0.743. The maximum Gasteiger partial charge on any atom is 0.433 e. The van der Waals surface area contributed by atoms with Crippen molar-refractivity contribution in [3.05, 3.63) is 65.0 Å². The van der Waals surface area contributed by atoms with Gasteiger partial charge in [-0.15, -0.1) is 0 Å². The van der Waals surface area contributed by atoms with E-state index in [1.807, 2.05) is 37.3 Å². The largest absolute Gasteiger partial charge is 0.433 e. The molecule has 0 saturated heterocycles. The molecule has 0 radical (unpaired) electrons. The Morgan fingerprint density at radius 1 is 1.19 bits per heavy atom. The van der Waals surface area contributed by atoms with Crippen molar-refractivity contribution < 1.29 is 22.7 Å². The Hall–Kier alpha value is -2.41. The first-order chi connectivity index (χ1) is 12.3. The molecule has 4 nitrogen and oxygen atoms in total. The van der Waals surface area contributed by atoms with Crippen LogP contribution in [0.2, 0.25) is 0 Å². The molecule has 1 aromatic heterocycles. The molecule has 1 amide bonds. The Labute approximate surface area is 150 Å². The molecule has 1 atom stereocenters. The van der Waals surface area contributed by atoms with E-state index in [9.17, 15) is 18.0 Å². The number of ether oxygens (including phenoxy) is 1. The van der Waals surface area contributed by atoms with E-state index in [2.05, 4.69) is 10.3 Å². The van der Waals surface area contributed by atoms with Crippen LogP contribution in [0.1, 0.15) is 46.8 Å². The Kier molecular flexibility index (Phi) is 6.74. The van der Waals surface area contributed by atoms with Gasteiger partial charge in [-0.25, -0.2) is 4.98 Å². The van der Waals surface area contributed by atoms with Gasteiger partial charge in [0.2, 0.25) is 0 Å². The number of rotatable bonds is 7. The van der Waals surface area contributed by atoms with Gasteiger partial charge in [0.1, 0.15) is 5.69 Å². The van der Waals surface area contributed by atoms with E-state index in [4.69, 9.17) is 4.74 Å². The molecule has 26 heavy (non-hydrogen) atoms. The molecule has 0 aliphatic carbocycles. The number of hydrogen-bond donors (Lipinski definition) is 1. The Balaban J connectivity index is 1.77. The number of carbonyl (C=O) groups is 1. The number of hydrogen-bond acceptors (Lipinski definition) is 3. The number of halogens is 3. The molecule has 0 saturated carbocycles. The van der Waals surface area contributed by atoms with Crippen molar-refractivity contribution in [3.8, 4) is 0 Å². The fraction of sp³-hybridized carbons (Fsp3) is 0.368. The number of pyridine rings is 1. The van der Waals surface area contributed by atoms with Crippen LogP contribution in [0.5, 0.6) is 0 Å². The van der Waals surface area contributed by atoms with Crippen LogP contribution in [0.25, 0.3) is 0 Å². The highest BCUT2D eigenvalue weighted by Crippen LogP contribution is 2.28. The van der Waals surface area contributed by atoms with E-state index >= 15 is 0 Å². The SMILES string of the molecule is Cc1nc(C(F)(F)F)ccc1C(=O)NCCCOC(C)c1ccccc1. The molecule has 1 N–H and O–H groups in total. The number of benzene rings is 1. The normalized spacial score (nSPS) is 12.7. The Morgan fingerprint density at radius 3 is 2.50 bits per heavy atom. The molecule has 1 heterocycles. The van der Waals surface area contributed by atoms with Crippen molar-refractivity contribution in [1.82, 2.24) is 10.3 Å².